The Balaban J connectivity index is 1.71. The van der Waals surface area contributed by atoms with E-state index in [2.05, 4.69) is 9.97 Å². The number of carbonyl (C=O) groups is 1. The van der Waals surface area contributed by atoms with Crippen molar-refractivity contribution in [3.8, 4) is 17.5 Å². The maximum Gasteiger partial charge on any atom is 0.316 e. The third-order valence-corrected chi connectivity index (χ3v) is 4.12. The summed E-state index contributed by atoms with van der Waals surface area (Å²) in [6.07, 6.45) is 4.88. The molecule has 1 atom stereocenters. The van der Waals surface area contributed by atoms with Crippen molar-refractivity contribution < 1.29 is 19.0 Å². The second-order valence-electron chi connectivity index (χ2n) is 5.73. The molecule has 1 unspecified atom stereocenters. The lowest BCUT2D eigenvalue weighted by Gasteiger charge is -2.32. The number of nitrogens with zero attached hydrogens (tertiary/aromatic N) is 3. The van der Waals surface area contributed by atoms with Gasteiger partial charge in [0, 0.05) is 25.0 Å². The molecule has 7 heteroatoms. The first-order valence-electron chi connectivity index (χ1n) is 8.16. The fourth-order valence-electron chi connectivity index (χ4n) is 2.86. The minimum Gasteiger partial charge on any atom is -0.497 e. The molecule has 7 nitrogen and oxygen atoms in total. The van der Waals surface area contributed by atoms with E-state index in [0.717, 1.165) is 12.8 Å². The van der Waals surface area contributed by atoms with Crippen LogP contribution in [0.2, 0.25) is 0 Å². The fourth-order valence-corrected chi connectivity index (χ4v) is 2.86. The first-order valence-corrected chi connectivity index (χ1v) is 8.16. The monoisotopic (exact) mass is 343 g/mol. The van der Waals surface area contributed by atoms with Gasteiger partial charge in [-0.25, -0.2) is 9.97 Å². The molecule has 3 rings (SSSR count). The third kappa shape index (κ3) is 3.99. The highest BCUT2D eigenvalue weighted by Crippen LogP contribution is 2.27. The molecular weight excluding hydrogens is 322 g/mol. The largest absolute Gasteiger partial charge is 0.497 e. The normalized spacial score (nSPS) is 17.0. The second-order valence-corrected chi connectivity index (χ2v) is 5.73. The quantitative estimate of drug-likeness (QED) is 0.828. The van der Waals surface area contributed by atoms with Crippen LogP contribution in [0.25, 0.3) is 0 Å². The van der Waals surface area contributed by atoms with Crippen molar-refractivity contribution in [2.75, 3.05) is 27.3 Å². The van der Waals surface area contributed by atoms with E-state index in [1.165, 1.54) is 0 Å². The number of carbonyl (C=O) groups excluding carboxylic acids is 1. The molecule has 132 valence electrons. The average molecular weight is 343 g/mol. The molecule has 2 aromatic rings. The summed E-state index contributed by atoms with van der Waals surface area (Å²) in [7, 11) is 3.12. The molecule has 2 heterocycles. The highest BCUT2D eigenvalue weighted by molar-refractivity contribution is 5.97. The number of methoxy groups -OCH3 is 2. The number of rotatable bonds is 5. The van der Waals surface area contributed by atoms with Crippen LogP contribution in [-0.4, -0.2) is 54.2 Å². The zero-order valence-corrected chi connectivity index (χ0v) is 14.3. The Morgan fingerprint density at radius 1 is 1.20 bits per heavy atom. The Morgan fingerprint density at radius 3 is 2.72 bits per heavy atom. The number of aromatic nitrogens is 2. The molecule has 0 radical (unpaired) electrons. The summed E-state index contributed by atoms with van der Waals surface area (Å²) in [6.45, 7) is 1.18. The van der Waals surface area contributed by atoms with E-state index < -0.39 is 0 Å². The van der Waals surface area contributed by atoms with Crippen LogP contribution in [0.3, 0.4) is 0 Å². The topological polar surface area (TPSA) is 73.8 Å². The van der Waals surface area contributed by atoms with Gasteiger partial charge in [-0.15, -0.1) is 0 Å². The summed E-state index contributed by atoms with van der Waals surface area (Å²) in [4.78, 5) is 22.8. The van der Waals surface area contributed by atoms with Gasteiger partial charge in [0.15, 0.2) is 0 Å². The summed E-state index contributed by atoms with van der Waals surface area (Å²) in [5.41, 5.74) is 0.514. The molecule has 0 spiro atoms. The van der Waals surface area contributed by atoms with Crippen molar-refractivity contribution in [1.29, 1.82) is 0 Å². The van der Waals surface area contributed by atoms with Crippen LogP contribution in [0.4, 0.5) is 0 Å². The van der Waals surface area contributed by atoms with Gasteiger partial charge in [0.2, 0.25) is 0 Å². The van der Waals surface area contributed by atoms with Gasteiger partial charge >= 0.3 is 6.01 Å². The van der Waals surface area contributed by atoms with Gasteiger partial charge in [0.1, 0.15) is 17.6 Å². The van der Waals surface area contributed by atoms with E-state index >= 15 is 0 Å². The smallest absolute Gasteiger partial charge is 0.316 e. The van der Waals surface area contributed by atoms with Crippen molar-refractivity contribution in [3.05, 3.63) is 42.2 Å². The minimum absolute atomic E-state index is 0.0817. The number of amides is 1. The number of hydrogen-bond acceptors (Lipinski definition) is 6. The van der Waals surface area contributed by atoms with E-state index in [9.17, 15) is 4.79 Å². The van der Waals surface area contributed by atoms with E-state index in [4.69, 9.17) is 14.2 Å². The van der Waals surface area contributed by atoms with Crippen molar-refractivity contribution in [1.82, 2.24) is 14.9 Å². The Bertz CT molecular complexity index is 724. The first-order chi connectivity index (χ1) is 12.2. The van der Waals surface area contributed by atoms with E-state index in [1.807, 2.05) is 0 Å². The van der Waals surface area contributed by atoms with E-state index in [1.54, 1.807) is 55.8 Å². The summed E-state index contributed by atoms with van der Waals surface area (Å²) in [5, 5.41) is 0. The molecular formula is C18H21N3O4. The summed E-state index contributed by atoms with van der Waals surface area (Å²) in [6, 6.07) is 7.27. The van der Waals surface area contributed by atoms with Crippen molar-refractivity contribution in [2.24, 2.45) is 0 Å². The SMILES string of the molecule is COc1ccc(C(=O)N2CCCC(Oc3ncccn3)C2)c(OC)c1. The summed E-state index contributed by atoms with van der Waals surface area (Å²) < 4.78 is 16.3. The van der Waals surface area contributed by atoms with Crippen LogP contribution < -0.4 is 14.2 Å². The van der Waals surface area contributed by atoms with Gasteiger partial charge in [0.25, 0.3) is 5.91 Å². The van der Waals surface area contributed by atoms with Gasteiger partial charge in [0.05, 0.1) is 26.3 Å². The second kappa shape index (κ2) is 7.83. The van der Waals surface area contributed by atoms with Crippen LogP contribution in [0.1, 0.15) is 23.2 Å². The molecule has 1 aromatic heterocycles. The third-order valence-electron chi connectivity index (χ3n) is 4.12. The van der Waals surface area contributed by atoms with Crippen molar-refractivity contribution in [3.63, 3.8) is 0 Å². The molecule has 1 fully saturated rings. The van der Waals surface area contributed by atoms with Gasteiger partial charge < -0.3 is 19.1 Å². The lowest BCUT2D eigenvalue weighted by molar-refractivity contribution is 0.0513. The van der Waals surface area contributed by atoms with Crippen LogP contribution in [0.5, 0.6) is 17.5 Å². The molecule has 1 aliphatic rings. The molecule has 1 saturated heterocycles. The predicted molar refractivity (Wildman–Crippen MR) is 91.1 cm³/mol. The van der Waals surface area contributed by atoms with Gasteiger partial charge in [-0.3, -0.25) is 4.79 Å². The zero-order chi connectivity index (χ0) is 17.6. The first kappa shape index (κ1) is 17.0. The Morgan fingerprint density at radius 2 is 2.00 bits per heavy atom. The number of piperidine rings is 1. The molecule has 0 N–H and O–H groups in total. The number of hydrogen-bond donors (Lipinski definition) is 0. The molecule has 0 bridgehead atoms. The van der Waals surface area contributed by atoms with Crippen LogP contribution in [0, 0.1) is 0 Å². The highest BCUT2D eigenvalue weighted by atomic mass is 16.5. The summed E-state index contributed by atoms with van der Waals surface area (Å²) >= 11 is 0. The van der Waals surface area contributed by atoms with E-state index in [-0.39, 0.29) is 12.0 Å². The lowest BCUT2D eigenvalue weighted by atomic mass is 10.1. The molecule has 0 saturated carbocycles. The number of ether oxygens (including phenoxy) is 3. The molecule has 0 aliphatic carbocycles. The predicted octanol–water partition coefficient (Wildman–Crippen LogP) is 2.18. The van der Waals surface area contributed by atoms with Crippen molar-refractivity contribution >= 4 is 5.91 Å². The average Bonchev–Trinajstić information content (AvgIpc) is 2.68. The Kier molecular flexibility index (Phi) is 5.33. The Hall–Kier alpha value is -2.83. The maximum absolute atomic E-state index is 12.9. The maximum atomic E-state index is 12.9. The molecule has 25 heavy (non-hydrogen) atoms. The minimum atomic E-state index is -0.121. The van der Waals surface area contributed by atoms with Gasteiger partial charge in [-0.1, -0.05) is 0 Å². The van der Waals surface area contributed by atoms with Crippen molar-refractivity contribution in [2.45, 2.75) is 18.9 Å². The summed E-state index contributed by atoms with van der Waals surface area (Å²) in [5.74, 6) is 1.06. The standard InChI is InChI=1S/C18H21N3O4/c1-23-13-6-7-15(16(11-13)24-2)17(22)21-10-3-5-14(12-21)25-18-19-8-4-9-20-18/h4,6-9,11,14H,3,5,10,12H2,1-2H3. The fraction of sp³-hybridized carbons (Fsp3) is 0.389. The van der Waals surface area contributed by atoms with E-state index in [0.29, 0.717) is 36.2 Å². The van der Waals surface area contributed by atoms with Crippen LogP contribution >= 0.6 is 0 Å². The highest BCUT2D eigenvalue weighted by Gasteiger charge is 2.27. The molecule has 1 amide bonds. The lowest BCUT2D eigenvalue weighted by Crippen LogP contribution is -2.44. The number of benzene rings is 1. The zero-order valence-electron chi connectivity index (χ0n) is 14.3. The van der Waals surface area contributed by atoms with Gasteiger partial charge in [-0.05, 0) is 31.0 Å². The molecule has 1 aliphatic heterocycles. The van der Waals surface area contributed by atoms with Crippen LogP contribution in [-0.2, 0) is 0 Å². The van der Waals surface area contributed by atoms with Gasteiger partial charge in [-0.2, -0.15) is 0 Å². The van der Waals surface area contributed by atoms with Crippen LogP contribution in [0.15, 0.2) is 36.7 Å². The Labute approximate surface area is 146 Å². The number of likely N-dealkylation sites (tertiary alicyclic amines) is 1. The molecule has 1 aromatic carbocycles.